The van der Waals surface area contributed by atoms with E-state index in [1.54, 1.807) is 32.0 Å². The molecule has 0 aliphatic carbocycles. The maximum absolute atomic E-state index is 12.6. The Morgan fingerprint density at radius 1 is 1.07 bits per heavy atom. The van der Waals surface area contributed by atoms with Crippen LogP contribution in [0.25, 0.3) is 11.3 Å². The number of aryl methyl sites for hydroxylation is 2. The maximum atomic E-state index is 12.6. The molecular formula is C19H16Cl2N2O4S. The van der Waals surface area contributed by atoms with Gasteiger partial charge in [-0.2, -0.15) is 0 Å². The van der Waals surface area contributed by atoms with Gasteiger partial charge in [0.25, 0.3) is 5.91 Å². The van der Waals surface area contributed by atoms with Crippen LogP contribution < -0.4 is 5.32 Å². The number of aromatic nitrogens is 1. The number of halogens is 2. The molecule has 0 aliphatic rings. The first-order valence-corrected chi connectivity index (χ1v) is 10.8. The Labute approximate surface area is 172 Å². The van der Waals surface area contributed by atoms with E-state index in [9.17, 15) is 13.2 Å². The molecule has 1 N–H and O–H groups in total. The lowest BCUT2D eigenvalue weighted by Gasteiger charge is -2.10. The standard InChI is InChI=1S/C19H16Cl2N2O4S/c1-10-18(22-11(2)27-10)15-8-12(4-7-16(15)20)23-19(24)14-6-5-13(9-17(14)21)28(3,25)26/h4-9H,1-3H3,(H,23,24). The van der Waals surface area contributed by atoms with Crippen molar-refractivity contribution in [3.8, 4) is 11.3 Å². The van der Waals surface area contributed by atoms with Crippen LogP contribution in [0.1, 0.15) is 22.0 Å². The van der Waals surface area contributed by atoms with Gasteiger partial charge in [0.05, 0.1) is 20.5 Å². The first-order valence-electron chi connectivity index (χ1n) is 8.11. The van der Waals surface area contributed by atoms with Crippen LogP contribution in [0, 0.1) is 13.8 Å². The van der Waals surface area contributed by atoms with E-state index in [1.165, 1.54) is 18.2 Å². The van der Waals surface area contributed by atoms with Crippen molar-refractivity contribution in [3.63, 3.8) is 0 Å². The van der Waals surface area contributed by atoms with Crippen LogP contribution >= 0.6 is 23.2 Å². The number of carbonyl (C=O) groups excluding carboxylic acids is 1. The third-order valence-electron chi connectivity index (χ3n) is 4.00. The molecule has 3 aromatic rings. The first kappa shape index (κ1) is 20.4. The maximum Gasteiger partial charge on any atom is 0.257 e. The molecule has 0 bridgehead atoms. The van der Waals surface area contributed by atoms with Crippen molar-refractivity contribution in [3.05, 3.63) is 63.7 Å². The highest BCUT2D eigenvalue weighted by atomic mass is 35.5. The van der Waals surface area contributed by atoms with E-state index in [-0.39, 0.29) is 15.5 Å². The zero-order valence-electron chi connectivity index (χ0n) is 15.2. The summed E-state index contributed by atoms with van der Waals surface area (Å²) in [6.45, 7) is 3.51. The molecule has 0 saturated carbocycles. The van der Waals surface area contributed by atoms with Crippen molar-refractivity contribution in [1.82, 2.24) is 4.98 Å². The molecule has 0 saturated heterocycles. The number of anilines is 1. The third kappa shape index (κ3) is 4.22. The summed E-state index contributed by atoms with van der Waals surface area (Å²) in [6, 6.07) is 8.93. The van der Waals surface area contributed by atoms with Gasteiger partial charge in [-0.05, 0) is 43.3 Å². The predicted octanol–water partition coefficient (Wildman–Crippen LogP) is 4.92. The second-order valence-corrected chi connectivity index (χ2v) is 9.03. The molecule has 2 aromatic carbocycles. The smallest absolute Gasteiger partial charge is 0.257 e. The summed E-state index contributed by atoms with van der Waals surface area (Å²) in [7, 11) is -3.42. The monoisotopic (exact) mass is 438 g/mol. The molecule has 0 radical (unpaired) electrons. The minimum Gasteiger partial charge on any atom is -0.446 e. The normalized spacial score (nSPS) is 11.5. The molecule has 0 aliphatic heterocycles. The number of nitrogens with one attached hydrogen (secondary N) is 1. The average Bonchev–Trinajstić information content (AvgIpc) is 2.93. The molecule has 1 amide bonds. The van der Waals surface area contributed by atoms with Gasteiger partial charge in [-0.25, -0.2) is 13.4 Å². The summed E-state index contributed by atoms with van der Waals surface area (Å²) in [6.07, 6.45) is 1.07. The van der Waals surface area contributed by atoms with E-state index in [0.717, 1.165) is 6.26 Å². The van der Waals surface area contributed by atoms with Crippen LogP contribution in [0.3, 0.4) is 0 Å². The molecule has 0 atom stereocenters. The number of sulfone groups is 1. The van der Waals surface area contributed by atoms with Crippen molar-refractivity contribution in [2.24, 2.45) is 0 Å². The molecule has 0 unspecified atom stereocenters. The first-order chi connectivity index (χ1) is 13.1. The number of nitrogens with zero attached hydrogens (tertiary/aromatic N) is 1. The molecule has 9 heteroatoms. The summed E-state index contributed by atoms with van der Waals surface area (Å²) >= 11 is 12.4. The van der Waals surface area contributed by atoms with Gasteiger partial charge in [0.2, 0.25) is 0 Å². The molecular weight excluding hydrogens is 423 g/mol. The van der Waals surface area contributed by atoms with Crippen molar-refractivity contribution in [2.75, 3.05) is 11.6 Å². The average molecular weight is 439 g/mol. The van der Waals surface area contributed by atoms with Gasteiger partial charge >= 0.3 is 0 Å². The Balaban J connectivity index is 1.91. The summed E-state index contributed by atoms with van der Waals surface area (Å²) in [4.78, 5) is 17.0. The molecule has 1 heterocycles. The molecule has 0 fully saturated rings. The quantitative estimate of drug-likeness (QED) is 0.623. The van der Waals surface area contributed by atoms with Crippen LogP contribution in [0.5, 0.6) is 0 Å². The fraction of sp³-hybridized carbons (Fsp3) is 0.158. The van der Waals surface area contributed by atoms with Gasteiger partial charge in [0, 0.05) is 24.4 Å². The Morgan fingerprint density at radius 2 is 1.79 bits per heavy atom. The molecule has 146 valence electrons. The highest BCUT2D eigenvalue weighted by molar-refractivity contribution is 7.90. The van der Waals surface area contributed by atoms with Crippen molar-refractivity contribution < 1.29 is 17.6 Å². The number of carbonyl (C=O) groups is 1. The van der Waals surface area contributed by atoms with Gasteiger partial charge in [-0.15, -0.1) is 0 Å². The molecule has 1 aromatic heterocycles. The molecule has 28 heavy (non-hydrogen) atoms. The Kier molecular flexibility index (Phi) is 5.52. The predicted molar refractivity (Wildman–Crippen MR) is 109 cm³/mol. The summed E-state index contributed by atoms with van der Waals surface area (Å²) < 4.78 is 28.7. The number of benzene rings is 2. The van der Waals surface area contributed by atoms with Gasteiger partial charge in [-0.1, -0.05) is 23.2 Å². The van der Waals surface area contributed by atoms with E-state index in [0.29, 0.717) is 33.6 Å². The van der Waals surface area contributed by atoms with E-state index >= 15 is 0 Å². The lowest BCUT2D eigenvalue weighted by molar-refractivity contribution is 0.102. The SMILES string of the molecule is Cc1nc(-c2cc(NC(=O)c3ccc(S(C)(=O)=O)cc3Cl)ccc2Cl)c(C)o1. The fourth-order valence-corrected chi connectivity index (χ4v) is 3.86. The van der Waals surface area contributed by atoms with Crippen LogP contribution in [0.4, 0.5) is 5.69 Å². The third-order valence-corrected chi connectivity index (χ3v) is 5.75. The Bertz CT molecular complexity index is 1190. The van der Waals surface area contributed by atoms with Crippen LogP contribution in [0.15, 0.2) is 45.7 Å². The Hall–Kier alpha value is -2.35. The number of hydrogen-bond acceptors (Lipinski definition) is 5. The zero-order valence-corrected chi connectivity index (χ0v) is 17.5. The highest BCUT2D eigenvalue weighted by Gasteiger charge is 2.17. The topological polar surface area (TPSA) is 89.3 Å². The van der Waals surface area contributed by atoms with Gasteiger partial charge < -0.3 is 9.73 Å². The number of rotatable bonds is 4. The van der Waals surface area contributed by atoms with Crippen LogP contribution in [0.2, 0.25) is 10.0 Å². The van der Waals surface area contributed by atoms with Gasteiger partial charge in [-0.3, -0.25) is 4.79 Å². The number of amides is 1. The second-order valence-electron chi connectivity index (χ2n) is 6.20. The van der Waals surface area contributed by atoms with Gasteiger partial charge in [0.15, 0.2) is 15.7 Å². The minimum atomic E-state index is -3.42. The highest BCUT2D eigenvalue weighted by Crippen LogP contribution is 2.33. The van der Waals surface area contributed by atoms with Crippen molar-refractivity contribution >= 4 is 44.6 Å². The molecule has 6 nitrogen and oxygen atoms in total. The van der Waals surface area contributed by atoms with E-state index in [4.69, 9.17) is 27.6 Å². The summed E-state index contributed by atoms with van der Waals surface area (Å²) in [5.74, 6) is 0.643. The zero-order chi connectivity index (χ0) is 20.6. The number of hydrogen-bond donors (Lipinski definition) is 1. The lowest BCUT2D eigenvalue weighted by atomic mass is 10.1. The summed E-state index contributed by atoms with van der Waals surface area (Å²) in [5.41, 5.74) is 1.84. The second kappa shape index (κ2) is 7.58. The lowest BCUT2D eigenvalue weighted by Crippen LogP contribution is -2.13. The van der Waals surface area contributed by atoms with E-state index in [2.05, 4.69) is 10.3 Å². The molecule has 3 rings (SSSR count). The van der Waals surface area contributed by atoms with Crippen LogP contribution in [-0.4, -0.2) is 25.6 Å². The number of oxazole rings is 1. The Morgan fingerprint density at radius 3 is 2.36 bits per heavy atom. The van der Waals surface area contributed by atoms with E-state index in [1.807, 2.05) is 0 Å². The van der Waals surface area contributed by atoms with E-state index < -0.39 is 15.7 Å². The minimum absolute atomic E-state index is 0.0394. The molecule has 0 spiro atoms. The van der Waals surface area contributed by atoms with Crippen molar-refractivity contribution in [1.29, 1.82) is 0 Å². The van der Waals surface area contributed by atoms with Crippen LogP contribution in [-0.2, 0) is 9.84 Å². The van der Waals surface area contributed by atoms with Gasteiger partial charge in [0.1, 0.15) is 11.5 Å². The largest absolute Gasteiger partial charge is 0.446 e. The summed E-state index contributed by atoms with van der Waals surface area (Å²) in [5, 5.41) is 3.23. The van der Waals surface area contributed by atoms with Crippen molar-refractivity contribution in [2.45, 2.75) is 18.7 Å². The fourth-order valence-electron chi connectivity index (χ4n) is 2.67.